The van der Waals surface area contributed by atoms with Gasteiger partial charge in [-0.3, -0.25) is 4.79 Å². The highest BCUT2D eigenvalue weighted by molar-refractivity contribution is 5.80. The van der Waals surface area contributed by atoms with Crippen LogP contribution in [0.1, 0.15) is 19.5 Å². The van der Waals surface area contributed by atoms with Crippen LogP contribution in [0.4, 0.5) is 0 Å². The standard InChI is InChI=1S/C13H13NO3/c1-13(2,12(15)16)11-8-10(17-14-11)9-6-4-3-5-7-9/h3-8H,1-2H3,(H,15,16). The Balaban J connectivity index is 2.38. The molecule has 0 fully saturated rings. The van der Waals surface area contributed by atoms with Crippen LogP contribution in [0.3, 0.4) is 0 Å². The van der Waals surface area contributed by atoms with Gasteiger partial charge in [-0.05, 0) is 13.8 Å². The van der Waals surface area contributed by atoms with Crippen molar-refractivity contribution in [2.45, 2.75) is 19.3 Å². The molecule has 1 N–H and O–H groups in total. The zero-order valence-electron chi connectivity index (χ0n) is 9.68. The molecule has 2 aromatic rings. The van der Waals surface area contributed by atoms with E-state index in [2.05, 4.69) is 5.16 Å². The zero-order valence-corrected chi connectivity index (χ0v) is 9.68. The third-order valence-electron chi connectivity index (χ3n) is 2.74. The summed E-state index contributed by atoms with van der Waals surface area (Å²) in [4.78, 5) is 11.1. The lowest BCUT2D eigenvalue weighted by Gasteiger charge is -2.14. The lowest BCUT2D eigenvalue weighted by molar-refractivity contribution is -0.142. The first-order valence-electron chi connectivity index (χ1n) is 5.28. The van der Waals surface area contributed by atoms with Gasteiger partial charge in [0.1, 0.15) is 11.1 Å². The smallest absolute Gasteiger partial charge is 0.315 e. The number of aromatic nitrogens is 1. The number of hydrogen-bond acceptors (Lipinski definition) is 3. The Morgan fingerprint density at radius 3 is 2.53 bits per heavy atom. The Hall–Kier alpha value is -2.10. The van der Waals surface area contributed by atoms with Gasteiger partial charge >= 0.3 is 5.97 Å². The van der Waals surface area contributed by atoms with Gasteiger partial charge in [0.25, 0.3) is 0 Å². The van der Waals surface area contributed by atoms with Gasteiger partial charge in [0.05, 0.1) is 0 Å². The molecule has 1 aromatic carbocycles. The number of carbonyl (C=O) groups is 1. The van der Waals surface area contributed by atoms with E-state index in [1.165, 1.54) is 0 Å². The molecule has 0 spiro atoms. The second-order valence-corrected chi connectivity index (χ2v) is 4.37. The molecular formula is C13H13NO3. The second-order valence-electron chi connectivity index (χ2n) is 4.37. The first-order chi connectivity index (χ1) is 8.01. The quantitative estimate of drug-likeness (QED) is 0.882. The van der Waals surface area contributed by atoms with E-state index in [1.807, 2.05) is 30.3 Å². The Labute approximate surface area is 98.9 Å². The van der Waals surface area contributed by atoms with Gasteiger partial charge in [0.2, 0.25) is 0 Å². The first-order valence-corrected chi connectivity index (χ1v) is 5.28. The number of aliphatic carboxylic acids is 1. The molecule has 88 valence electrons. The van der Waals surface area contributed by atoms with Crippen LogP contribution in [0.15, 0.2) is 40.9 Å². The number of carboxylic acids is 1. The predicted octanol–water partition coefficient (Wildman–Crippen LogP) is 2.70. The molecule has 1 heterocycles. The second kappa shape index (κ2) is 4.05. The van der Waals surface area contributed by atoms with Crippen LogP contribution in [0.2, 0.25) is 0 Å². The van der Waals surface area contributed by atoms with E-state index >= 15 is 0 Å². The minimum Gasteiger partial charge on any atom is -0.481 e. The van der Waals surface area contributed by atoms with E-state index in [-0.39, 0.29) is 0 Å². The van der Waals surface area contributed by atoms with Crippen molar-refractivity contribution < 1.29 is 14.4 Å². The van der Waals surface area contributed by atoms with Crippen LogP contribution in [0.5, 0.6) is 0 Å². The zero-order chi connectivity index (χ0) is 12.5. The van der Waals surface area contributed by atoms with E-state index in [4.69, 9.17) is 9.63 Å². The molecule has 0 aliphatic carbocycles. The van der Waals surface area contributed by atoms with Crippen LogP contribution >= 0.6 is 0 Å². The highest BCUT2D eigenvalue weighted by Gasteiger charge is 2.33. The van der Waals surface area contributed by atoms with Crippen molar-refractivity contribution in [3.63, 3.8) is 0 Å². The van der Waals surface area contributed by atoms with Crippen LogP contribution in [0.25, 0.3) is 11.3 Å². The molecule has 0 amide bonds. The summed E-state index contributed by atoms with van der Waals surface area (Å²) in [5, 5.41) is 12.9. The molecule has 0 unspecified atom stereocenters. The normalized spacial score (nSPS) is 11.4. The molecule has 1 aromatic heterocycles. The van der Waals surface area contributed by atoms with E-state index in [0.717, 1.165) is 5.56 Å². The third kappa shape index (κ3) is 2.06. The topological polar surface area (TPSA) is 63.3 Å². The minimum atomic E-state index is -1.05. The summed E-state index contributed by atoms with van der Waals surface area (Å²) in [6, 6.07) is 11.1. The number of nitrogens with zero attached hydrogens (tertiary/aromatic N) is 1. The minimum absolute atomic E-state index is 0.420. The first kappa shape index (κ1) is 11.4. The maximum absolute atomic E-state index is 11.1. The molecule has 0 aliphatic heterocycles. The predicted molar refractivity (Wildman–Crippen MR) is 62.6 cm³/mol. The molecule has 0 atom stereocenters. The van der Waals surface area contributed by atoms with E-state index in [9.17, 15) is 4.79 Å². The van der Waals surface area contributed by atoms with Gasteiger partial charge in [-0.1, -0.05) is 35.5 Å². The molecule has 0 radical (unpaired) electrons. The molecule has 0 saturated heterocycles. The van der Waals surface area contributed by atoms with E-state index in [0.29, 0.717) is 11.5 Å². The summed E-state index contributed by atoms with van der Waals surface area (Å²) in [5.41, 5.74) is 0.257. The fraction of sp³-hybridized carbons (Fsp3) is 0.231. The van der Waals surface area contributed by atoms with E-state index < -0.39 is 11.4 Å². The van der Waals surface area contributed by atoms with Gasteiger partial charge in [0, 0.05) is 11.6 Å². The molecule has 17 heavy (non-hydrogen) atoms. The molecule has 4 heteroatoms. The van der Waals surface area contributed by atoms with E-state index in [1.54, 1.807) is 19.9 Å². The van der Waals surface area contributed by atoms with Crippen molar-refractivity contribution >= 4 is 5.97 Å². The van der Waals surface area contributed by atoms with Gasteiger partial charge < -0.3 is 9.63 Å². The molecule has 4 nitrogen and oxygen atoms in total. The third-order valence-corrected chi connectivity index (χ3v) is 2.74. The molecule has 0 saturated carbocycles. The lowest BCUT2D eigenvalue weighted by atomic mass is 9.89. The molecule has 0 bridgehead atoms. The average Bonchev–Trinajstić information content (AvgIpc) is 2.80. The number of benzene rings is 1. The Bertz CT molecular complexity index is 529. The van der Waals surface area contributed by atoms with Gasteiger partial charge in [-0.15, -0.1) is 0 Å². The van der Waals surface area contributed by atoms with Crippen molar-refractivity contribution in [2.75, 3.05) is 0 Å². The fourth-order valence-corrected chi connectivity index (χ4v) is 1.42. The average molecular weight is 231 g/mol. The maximum atomic E-state index is 11.1. The Morgan fingerprint density at radius 1 is 1.29 bits per heavy atom. The van der Waals surface area contributed by atoms with Crippen LogP contribution in [-0.4, -0.2) is 16.2 Å². The lowest BCUT2D eigenvalue weighted by Crippen LogP contribution is -2.28. The SMILES string of the molecule is CC(C)(C(=O)O)c1cc(-c2ccccc2)on1. The summed E-state index contributed by atoms with van der Waals surface area (Å²) in [6.07, 6.45) is 0. The summed E-state index contributed by atoms with van der Waals surface area (Å²) >= 11 is 0. The summed E-state index contributed by atoms with van der Waals surface area (Å²) < 4.78 is 5.17. The Kier molecular flexibility index (Phi) is 2.71. The van der Waals surface area contributed by atoms with Crippen LogP contribution in [0, 0.1) is 0 Å². The summed E-state index contributed by atoms with van der Waals surface area (Å²) in [7, 11) is 0. The van der Waals surface area contributed by atoms with Crippen molar-refractivity contribution in [1.29, 1.82) is 0 Å². The van der Waals surface area contributed by atoms with Gasteiger partial charge in [-0.2, -0.15) is 0 Å². The largest absolute Gasteiger partial charge is 0.481 e. The van der Waals surface area contributed by atoms with Gasteiger partial charge in [0.15, 0.2) is 5.76 Å². The number of rotatable bonds is 3. The molecular weight excluding hydrogens is 218 g/mol. The van der Waals surface area contributed by atoms with Crippen molar-refractivity contribution in [1.82, 2.24) is 5.16 Å². The highest BCUT2D eigenvalue weighted by atomic mass is 16.5. The number of hydrogen-bond donors (Lipinski definition) is 1. The Morgan fingerprint density at radius 2 is 1.94 bits per heavy atom. The monoisotopic (exact) mass is 231 g/mol. The van der Waals surface area contributed by atoms with Gasteiger partial charge in [-0.25, -0.2) is 0 Å². The summed E-state index contributed by atoms with van der Waals surface area (Å²) in [6.45, 7) is 3.20. The highest BCUT2D eigenvalue weighted by Crippen LogP contribution is 2.27. The van der Waals surface area contributed by atoms with Crippen LogP contribution < -0.4 is 0 Å². The number of carboxylic acid groups (broad SMARTS) is 1. The molecule has 0 aliphatic rings. The van der Waals surface area contributed by atoms with Crippen LogP contribution in [-0.2, 0) is 10.2 Å². The van der Waals surface area contributed by atoms with Crippen molar-refractivity contribution in [3.05, 3.63) is 42.1 Å². The van der Waals surface area contributed by atoms with Crippen molar-refractivity contribution in [3.8, 4) is 11.3 Å². The maximum Gasteiger partial charge on any atom is 0.315 e. The fourth-order valence-electron chi connectivity index (χ4n) is 1.42. The van der Waals surface area contributed by atoms with Crippen molar-refractivity contribution in [2.24, 2.45) is 0 Å². The summed E-state index contributed by atoms with van der Waals surface area (Å²) in [5.74, 6) is -0.347. The molecule has 2 rings (SSSR count).